The molecule has 76 valence electrons. The maximum atomic E-state index is 5.61. The topological polar surface area (TPSA) is 55.0 Å². The lowest BCUT2D eigenvalue weighted by atomic mass is 10.2. The SMILES string of the molecule is Cc1cnc(N2CCCC2)nc1CN. The normalized spacial score (nSPS) is 16.3. The maximum Gasteiger partial charge on any atom is 0.225 e. The zero-order valence-electron chi connectivity index (χ0n) is 8.53. The lowest BCUT2D eigenvalue weighted by Crippen LogP contribution is -2.21. The Morgan fingerprint density at radius 2 is 2.14 bits per heavy atom. The first-order valence-corrected chi connectivity index (χ1v) is 5.09. The highest BCUT2D eigenvalue weighted by molar-refractivity contribution is 5.33. The number of rotatable bonds is 2. The van der Waals surface area contributed by atoms with Gasteiger partial charge in [-0.05, 0) is 25.3 Å². The molecule has 2 N–H and O–H groups in total. The first-order chi connectivity index (χ1) is 6.81. The molecule has 1 saturated heterocycles. The van der Waals surface area contributed by atoms with E-state index in [-0.39, 0.29) is 0 Å². The van der Waals surface area contributed by atoms with Crippen LogP contribution in [0.15, 0.2) is 6.20 Å². The molecule has 2 rings (SSSR count). The van der Waals surface area contributed by atoms with Gasteiger partial charge in [-0.1, -0.05) is 0 Å². The van der Waals surface area contributed by atoms with Crippen LogP contribution >= 0.6 is 0 Å². The molecule has 0 amide bonds. The van der Waals surface area contributed by atoms with Crippen LogP contribution in [0.1, 0.15) is 24.1 Å². The molecule has 1 fully saturated rings. The zero-order valence-corrected chi connectivity index (χ0v) is 8.53. The van der Waals surface area contributed by atoms with Crippen LogP contribution in [0.5, 0.6) is 0 Å². The summed E-state index contributed by atoms with van der Waals surface area (Å²) in [5.41, 5.74) is 7.65. The average molecular weight is 192 g/mol. The van der Waals surface area contributed by atoms with Gasteiger partial charge in [0.25, 0.3) is 0 Å². The predicted octanol–water partition coefficient (Wildman–Crippen LogP) is 0.844. The minimum Gasteiger partial charge on any atom is -0.341 e. The van der Waals surface area contributed by atoms with E-state index in [9.17, 15) is 0 Å². The number of aromatic nitrogens is 2. The molecular weight excluding hydrogens is 176 g/mol. The molecule has 0 bridgehead atoms. The van der Waals surface area contributed by atoms with E-state index < -0.39 is 0 Å². The van der Waals surface area contributed by atoms with Crippen molar-refractivity contribution in [3.8, 4) is 0 Å². The fraction of sp³-hybridized carbons (Fsp3) is 0.600. The highest BCUT2D eigenvalue weighted by Crippen LogP contribution is 2.16. The fourth-order valence-electron chi connectivity index (χ4n) is 1.74. The Labute approximate surface area is 84.2 Å². The van der Waals surface area contributed by atoms with E-state index in [1.54, 1.807) is 0 Å². The number of aryl methyl sites for hydroxylation is 1. The molecule has 4 nitrogen and oxygen atoms in total. The summed E-state index contributed by atoms with van der Waals surface area (Å²) in [6.45, 7) is 4.64. The van der Waals surface area contributed by atoms with Crippen LogP contribution in [0.4, 0.5) is 5.95 Å². The molecule has 0 radical (unpaired) electrons. The van der Waals surface area contributed by atoms with Gasteiger partial charge < -0.3 is 10.6 Å². The van der Waals surface area contributed by atoms with Crippen molar-refractivity contribution in [3.05, 3.63) is 17.5 Å². The van der Waals surface area contributed by atoms with Crippen LogP contribution < -0.4 is 10.6 Å². The fourth-order valence-corrected chi connectivity index (χ4v) is 1.74. The van der Waals surface area contributed by atoms with E-state index in [2.05, 4.69) is 14.9 Å². The van der Waals surface area contributed by atoms with Crippen molar-refractivity contribution >= 4 is 5.95 Å². The number of hydrogen-bond donors (Lipinski definition) is 1. The van der Waals surface area contributed by atoms with Crippen molar-refractivity contribution in [3.63, 3.8) is 0 Å². The van der Waals surface area contributed by atoms with E-state index in [1.807, 2.05) is 13.1 Å². The smallest absolute Gasteiger partial charge is 0.225 e. The van der Waals surface area contributed by atoms with Gasteiger partial charge in [0.1, 0.15) is 0 Å². The second-order valence-electron chi connectivity index (χ2n) is 3.70. The number of hydrogen-bond acceptors (Lipinski definition) is 4. The van der Waals surface area contributed by atoms with Gasteiger partial charge in [0.15, 0.2) is 0 Å². The lowest BCUT2D eigenvalue weighted by molar-refractivity contribution is 0.858. The van der Waals surface area contributed by atoms with E-state index >= 15 is 0 Å². The minimum absolute atomic E-state index is 0.495. The van der Waals surface area contributed by atoms with Crippen LogP contribution in [0.25, 0.3) is 0 Å². The van der Waals surface area contributed by atoms with Crippen molar-refractivity contribution < 1.29 is 0 Å². The molecule has 0 saturated carbocycles. The van der Waals surface area contributed by atoms with Crippen molar-refractivity contribution in [1.29, 1.82) is 0 Å². The summed E-state index contributed by atoms with van der Waals surface area (Å²) >= 11 is 0. The summed E-state index contributed by atoms with van der Waals surface area (Å²) < 4.78 is 0. The predicted molar refractivity (Wildman–Crippen MR) is 56.1 cm³/mol. The van der Waals surface area contributed by atoms with Crippen molar-refractivity contribution in [1.82, 2.24) is 9.97 Å². The standard InChI is InChI=1S/C10H16N4/c1-8-7-12-10(13-9(8)6-11)14-4-2-3-5-14/h7H,2-6,11H2,1H3. The summed E-state index contributed by atoms with van der Waals surface area (Å²) in [4.78, 5) is 11.0. The van der Waals surface area contributed by atoms with Crippen molar-refractivity contribution in [2.45, 2.75) is 26.3 Å². The Hall–Kier alpha value is -1.16. The third-order valence-electron chi connectivity index (χ3n) is 2.65. The van der Waals surface area contributed by atoms with Gasteiger partial charge in [-0.2, -0.15) is 0 Å². The molecule has 14 heavy (non-hydrogen) atoms. The van der Waals surface area contributed by atoms with Crippen LogP contribution in [-0.2, 0) is 6.54 Å². The molecule has 0 unspecified atom stereocenters. The Bertz CT molecular complexity index is 318. The molecular formula is C10H16N4. The highest BCUT2D eigenvalue weighted by Gasteiger charge is 2.15. The highest BCUT2D eigenvalue weighted by atomic mass is 15.3. The summed E-state index contributed by atoms with van der Waals surface area (Å²) in [5.74, 6) is 0.841. The van der Waals surface area contributed by atoms with Crippen molar-refractivity contribution in [2.24, 2.45) is 5.73 Å². The van der Waals surface area contributed by atoms with Gasteiger partial charge in [-0.25, -0.2) is 9.97 Å². The zero-order chi connectivity index (χ0) is 9.97. The Morgan fingerprint density at radius 3 is 2.79 bits per heavy atom. The third kappa shape index (κ3) is 1.70. The van der Waals surface area contributed by atoms with Gasteiger partial charge in [-0.3, -0.25) is 0 Å². The van der Waals surface area contributed by atoms with Gasteiger partial charge in [0.05, 0.1) is 5.69 Å². The van der Waals surface area contributed by atoms with Crippen LogP contribution in [0, 0.1) is 6.92 Å². The monoisotopic (exact) mass is 192 g/mol. The molecule has 0 spiro atoms. The minimum atomic E-state index is 0.495. The molecule has 0 aromatic carbocycles. The van der Waals surface area contributed by atoms with Crippen molar-refractivity contribution in [2.75, 3.05) is 18.0 Å². The second kappa shape index (κ2) is 3.92. The molecule has 0 atom stereocenters. The van der Waals surface area contributed by atoms with Crippen LogP contribution in [0.2, 0.25) is 0 Å². The molecule has 2 heterocycles. The summed E-state index contributed by atoms with van der Waals surface area (Å²) in [5, 5.41) is 0. The molecule has 1 aromatic rings. The molecule has 1 aliphatic rings. The summed E-state index contributed by atoms with van der Waals surface area (Å²) in [7, 11) is 0. The number of anilines is 1. The second-order valence-corrected chi connectivity index (χ2v) is 3.70. The van der Waals surface area contributed by atoms with E-state index in [0.717, 1.165) is 30.3 Å². The van der Waals surface area contributed by atoms with Gasteiger partial charge >= 0.3 is 0 Å². The average Bonchev–Trinajstić information content (AvgIpc) is 2.71. The Balaban J connectivity index is 2.25. The van der Waals surface area contributed by atoms with E-state index in [4.69, 9.17) is 5.73 Å². The van der Waals surface area contributed by atoms with E-state index in [1.165, 1.54) is 12.8 Å². The molecule has 0 aliphatic carbocycles. The summed E-state index contributed by atoms with van der Waals surface area (Å²) in [6, 6.07) is 0. The number of nitrogens with two attached hydrogens (primary N) is 1. The van der Waals surface area contributed by atoms with Crippen LogP contribution in [0.3, 0.4) is 0 Å². The Morgan fingerprint density at radius 1 is 1.43 bits per heavy atom. The largest absolute Gasteiger partial charge is 0.341 e. The third-order valence-corrected chi connectivity index (χ3v) is 2.65. The first kappa shape index (κ1) is 9.40. The van der Waals surface area contributed by atoms with Gasteiger partial charge in [0.2, 0.25) is 5.95 Å². The number of nitrogens with zero attached hydrogens (tertiary/aromatic N) is 3. The van der Waals surface area contributed by atoms with Gasteiger partial charge in [-0.15, -0.1) is 0 Å². The Kier molecular flexibility index (Phi) is 2.63. The quantitative estimate of drug-likeness (QED) is 0.754. The van der Waals surface area contributed by atoms with E-state index in [0.29, 0.717) is 6.54 Å². The summed E-state index contributed by atoms with van der Waals surface area (Å²) in [6.07, 6.45) is 4.35. The molecule has 1 aliphatic heterocycles. The van der Waals surface area contributed by atoms with Crippen LogP contribution in [-0.4, -0.2) is 23.1 Å². The molecule has 1 aromatic heterocycles. The molecule has 4 heteroatoms. The van der Waals surface area contributed by atoms with Gasteiger partial charge in [0, 0.05) is 25.8 Å². The lowest BCUT2D eigenvalue weighted by Gasteiger charge is -2.15. The maximum absolute atomic E-state index is 5.61. The first-order valence-electron chi connectivity index (χ1n) is 5.09.